The second-order valence-electron chi connectivity index (χ2n) is 3.92. The van der Waals surface area contributed by atoms with Gasteiger partial charge in [-0.3, -0.25) is 14.5 Å². The minimum absolute atomic E-state index is 0.0618. The van der Waals surface area contributed by atoms with Crippen LogP contribution in [0.4, 0.5) is 10.1 Å². The van der Waals surface area contributed by atoms with Crippen LogP contribution >= 0.6 is 27.5 Å². The number of carbonyl (C=O) groups excluding carboxylic acids is 2. The van der Waals surface area contributed by atoms with E-state index >= 15 is 0 Å². The van der Waals surface area contributed by atoms with Crippen molar-refractivity contribution in [1.29, 1.82) is 0 Å². The van der Waals surface area contributed by atoms with Gasteiger partial charge < -0.3 is 10.4 Å². The molecule has 0 aliphatic carbocycles. The second-order valence-corrected chi connectivity index (χ2v) is 5.15. The van der Waals surface area contributed by atoms with Gasteiger partial charge in [0.1, 0.15) is 11.5 Å². The monoisotopic (exact) mass is 362 g/mol. The Morgan fingerprint density at radius 2 is 2.10 bits per heavy atom. The minimum atomic E-state index is -0.653. The van der Waals surface area contributed by atoms with Crippen LogP contribution in [0.2, 0.25) is 5.02 Å². The normalized spacial score (nSPS) is 14.8. The highest BCUT2D eigenvalue weighted by Gasteiger charge is 2.31. The third kappa shape index (κ3) is 2.70. The van der Waals surface area contributed by atoms with Gasteiger partial charge in [-0.05, 0) is 28.1 Å². The molecule has 2 N–H and O–H groups in total. The molecule has 0 bridgehead atoms. The van der Waals surface area contributed by atoms with E-state index in [-0.39, 0.29) is 29.6 Å². The number of aliphatic hydroxyl groups is 1. The maximum Gasteiger partial charge on any atom is 0.277 e. The largest absolute Gasteiger partial charge is 0.395 e. The van der Waals surface area contributed by atoms with E-state index in [9.17, 15) is 14.0 Å². The third-order valence-corrected chi connectivity index (χ3v) is 3.92. The van der Waals surface area contributed by atoms with E-state index in [1.54, 1.807) is 0 Å². The second kappa shape index (κ2) is 5.90. The SMILES string of the molecule is O=C1C=C(Nc2c(F)ccc(Br)c2Cl)C(=O)N1CCO. The van der Waals surface area contributed by atoms with E-state index in [2.05, 4.69) is 21.2 Å². The predicted octanol–water partition coefficient (Wildman–Crippen LogP) is 1.90. The number of β-amino-alcohol motifs (C(OH)–C–C–N with tert-alkyl or cyclic N) is 1. The number of hydrogen-bond acceptors (Lipinski definition) is 4. The van der Waals surface area contributed by atoms with Gasteiger partial charge in [0.05, 0.1) is 23.9 Å². The van der Waals surface area contributed by atoms with Crippen molar-refractivity contribution < 1.29 is 19.1 Å². The molecule has 2 rings (SSSR count). The first kappa shape index (κ1) is 15.0. The summed E-state index contributed by atoms with van der Waals surface area (Å²) in [4.78, 5) is 24.3. The standard InChI is InChI=1S/C12H9BrClFN2O3/c13-6-1-2-7(15)11(10(6)14)16-8-5-9(19)17(3-4-18)12(8)20/h1-2,5,16,18H,3-4H2. The van der Waals surface area contributed by atoms with E-state index < -0.39 is 17.6 Å². The molecular weight excluding hydrogens is 354 g/mol. The number of nitrogens with one attached hydrogen (secondary N) is 1. The molecule has 1 aliphatic heterocycles. The molecule has 0 radical (unpaired) electrons. The lowest BCUT2D eigenvalue weighted by Gasteiger charge is -2.14. The highest BCUT2D eigenvalue weighted by molar-refractivity contribution is 9.10. The molecular formula is C12H9BrClFN2O3. The predicted molar refractivity (Wildman–Crippen MR) is 74.6 cm³/mol. The van der Waals surface area contributed by atoms with Gasteiger partial charge in [0.25, 0.3) is 11.8 Å². The van der Waals surface area contributed by atoms with Crippen LogP contribution in [0.15, 0.2) is 28.4 Å². The van der Waals surface area contributed by atoms with E-state index in [1.165, 1.54) is 12.1 Å². The maximum atomic E-state index is 13.7. The highest BCUT2D eigenvalue weighted by atomic mass is 79.9. The Kier molecular flexibility index (Phi) is 4.42. The van der Waals surface area contributed by atoms with Gasteiger partial charge in [-0.15, -0.1) is 0 Å². The molecule has 1 aromatic carbocycles. The molecule has 8 heteroatoms. The first-order valence-corrected chi connectivity index (χ1v) is 6.71. The Morgan fingerprint density at radius 3 is 2.75 bits per heavy atom. The highest BCUT2D eigenvalue weighted by Crippen LogP contribution is 2.33. The molecule has 2 amide bonds. The Morgan fingerprint density at radius 1 is 1.40 bits per heavy atom. The van der Waals surface area contributed by atoms with Crippen LogP contribution in [0.1, 0.15) is 0 Å². The van der Waals surface area contributed by atoms with Gasteiger partial charge in [-0.25, -0.2) is 4.39 Å². The molecule has 1 aliphatic rings. The number of carbonyl (C=O) groups is 2. The van der Waals surface area contributed by atoms with E-state index in [1.807, 2.05) is 0 Å². The summed E-state index contributed by atoms with van der Waals surface area (Å²) in [6, 6.07) is 2.60. The van der Waals surface area contributed by atoms with E-state index in [0.29, 0.717) is 4.47 Å². The van der Waals surface area contributed by atoms with Crippen LogP contribution in [0.5, 0.6) is 0 Å². The number of amides is 2. The van der Waals surface area contributed by atoms with Crippen molar-refractivity contribution in [3.63, 3.8) is 0 Å². The molecule has 106 valence electrons. The quantitative estimate of drug-likeness (QED) is 0.633. The Bertz CT molecular complexity index is 621. The lowest BCUT2D eigenvalue weighted by Crippen LogP contribution is -2.34. The van der Waals surface area contributed by atoms with Gasteiger partial charge in [-0.1, -0.05) is 11.6 Å². The number of nitrogens with zero attached hydrogens (tertiary/aromatic N) is 1. The van der Waals surface area contributed by atoms with Gasteiger partial charge in [0, 0.05) is 10.5 Å². The molecule has 0 spiro atoms. The molecule has 0 saturated heterocycles. The van der Waals surface area contributed by atoms with Crippen LogP contribution in [0.3, 0.4) is 0 Å². The molecule has 0 fully saturated rings. The average molecular weight is 364 g/mol. The molecule has 0 saturated carbocycles. The minimum Gasteiger partial charge on any atom is -0.395 e. The summed E-state index contributed by atoms with van der Waals surface area (Å²) in [5, 5.41) is 11.4. The number of imide groups is 1. The summed E-state index contributed by atoms with van der Waals surface area (Å²) in [6.45, 7) is -0.460. The third-order valence-electron chi connectivity index (χ3n) is 2.64. The van der Waals surface area contributed by atoms with Crippen molar-refractivity contribution in [1.82, 2.24) is 4.90 Å². The number of hydrogen-bond donors (Lipinski definition) is 2. The summed E-state index contributed by atoms with van der Waals surface area (Å²) >= 11 is 9.07. The van der Waals surface area contributed by atoms with Crippen molar-refractivity contribution >= 4 is 45.0 Å². The van der Waals surface area contributed by atoms with Crippen LogP contribution in [-0.2, 0) is 9.59 Å². The van der Waals surface area contributed by atoms with Crippen molar-refractivity contribution in [3.05, 3.63) is 39.2 Å². The van der Waals surface area contributed by atoms with Gasteiger partial charge >= 0.3 is 0 Å². The van der Waals surface area contributed by atoms with Crippen molar-refractivity contribution in [2.24, 2.45) is 0 Å². The summed E-state index contributed by atoms with van der Waals surface area (Å²) in [6.07, 6.45) is 1.04. The van der Waals surface area contributed by atoms with E-state index in [4.69, 9.17) is 16.7 Å². The fraction of sp³-hybridized carbons (Fsp3) is 0.167. The number of anilines is 1. The maximum absolute atomic E-state index is 13.7. The zero-order chi connectivity index (χ0) is 14.9. The smallest absolute Gasteiger partial charge is 0.277 e. The number of aliphatic hydroxyl groups excluding tert-OH is 1. The molecule has 20 heavy (non-hydrogen) atoms. The van der Waals surface area contributed by atoms with Crippen LogP contribution < -0.4 is 5.32 Å². The average Bonchev–Trinajstić information content (AvgIpc) is 2.67. The molecule has 0 unspecified atom stereocenters. The van der Waals surface area contributed by atoms with Gasteiger partial charge in [-0.2, -0.15) is 0 Å². The van der Waals surface area contributed by atoms with Gasteiger partial charge in [0.15, 0.2) is 0 Å². The summed E-state index contributed by atoms with van der Waals surface area (Å²) in [7, 11) is 0. The van der Waals surface area contributed by atoms with E-state index in [0.717, 1.165) is 11.0 Å². The zero-order valence-electron chi connectivity index (χ0n) is 9.99. The fourth-order valence-corrected chi connectivity index (χ4v) is 2.22. The van der Waals surface area contributed by atoms with Crippen LogP contribution in [0, 0.1) is 5.82 Å². The van der Waals surface area contributed by atoms with Crippen molar-refractivity contribution in [3.8, 4) is 0 Å². The first-order valence-electron chi connectivity index (χ1n) is 5.54. The molecule has 0 atom stereocenters. The summed E-state index contributed by atoms with van der Waals surface area (Å²) in [5.74, 6) is -1.86. The topological polar surface area (TPSA) is 69.6 Å². The number of benzene rings is 1. The summed E-state index contributed by atoms with van der Waals surface area (Å²) < 4.78 is 14.2. The Hall–Kier alpha value is -1.44. The zero-order valence-corrected chi connectivity index (χ0v) is 12.3. The molecule has 1 aromatic rings. The number of rotatable bonds is 4. The molecule has 0 aromatic heterocycles. The molecule has 1 heterocycles. The molecule has 5 nitrogen and oxygen atoms in total. The van der Waals surface area contributed by atoms with Crippen molar-refractivity contribution in [2.75, 3.05) is 18.5 Å². The first-order chi connectivity index (χ1) is 9.45. The lowest BCUT2D eigenvalue weighted by atomic mass is 10.3. The van der Waals surface area contributed by atoms with Crippen LogP contribution in [-0.4, -0.2) is 35.0 Å². The number of halogens is 3. The fourth-order valence-electron chi connectivity index (χ4n) is 1.69. The summed E-state index contributed by atoms with van der Waals surface area (Å²) in [5.41, 5.74) is -0.193. The lowest BCUT2D eigenvalue weighted by molar-refractivity contribution is -0.137. The Labute approximate surface area is 127 Å². The van der Waals surface area contributed by atoms with Gasteiger partial charge in [0.2, 0.25) is 0 Å². The van der Waals surface area contributed by atoms with Crippen molar-refractivity contribution in [2.45, 2.75) is 0 Å². The van der Waals surface area contributed by atoms with Crippen LogP contribution in [0.25, 0.3) is 0 Å². The Balaban J connectivity index is 2.28.